The fourth-order valence-electron chi connectivity index (χ4n) is 3.66. The molecule has 1 aliphatic rings. The van der Waals surface area contributed by atoms with Crippen LogP contribution < -0.4 is 21.3 Å². The van der Waals surface area contributed by atoms with Crippen molar-refractivity contribution in [2.75, 3.05) is 30.3 Å². The lowest BCUT2D eigenvalue weighted by Gasteiger charge is -2.12. The maximum absolute atomic E-state index is 12.4. The molecule has 1 atom stereocenters. The summed E-state index contributed by atoms with van der Waals surface area (Å²) in [7, 11) is 0. The van der Waals surface area contributed by atoms with Crippen LogP contribution in [0.5, 0.6) is 0 Å². The fourth-order valence-corrected chi connectivity index (χ4v) is 3.66. The van der Waals surface area contributed by atoms with E-state index < -0.39 is 0 Å². The maximum Gasteiger partial charge on any atom is 0.251 e. The second-order valence-electron chi connectivity index (χ2n) is 8.17. The zero-order valence-electron chi connectivity index (χ0n) is 19.2. The summed E-state index contributed by atoms with van der Waals surface area (Å²) in [5, 5.41) is 11.5. The van der Waals surface area contributed by atoms with Gasteiger partial charge in [0.05, 0.1) is 25.5 Å². The maximum atomic E-state index is 12.4. The molecule has 3 amide bonds. The van der Waals surface area contributed by atoms with Crippen LogP contribution in [0.2, 0.25) is 0 Å². The van der Waals surface area contributed by atoms with Gasteiger partial charge in [-0.3, -0.25) is 14.4 Å². The Morgan fingerprint density at radius 3 is 2.46 bits per heavy atom. The minimum Gasteiger partial charge on any atom is -0.467 e. The molecular formula is C26H28N4O5. The van der Waals surface area contributed by atoms with E-state index in [1.165, 1.54) is 0 Å². The number of hydrogen-bond donors (Lipinski definition) is 4. The van der Waals surface area contributed by atoms with Gasteiger partial charge in [-0.2, -0.15) is 0 Å². The van der Waals surface area contributed by atoms with E-state index in [0.717, 1.165) is 19.4 Å². The van der Waals surface area contributed by atoms with Gasteiger partial charge in [-0.15, -0.1) is 0 Å². The Balaban J connectivity index is 1.21. The summed E-state index contributed by atoms with van der Waals surface area (Å²) in [4.78, 5) is 37.0. The largest absolute Gasteiger partial charge is 0.467 e. The number of nitrogens with one attached hydrogen (secondary N) is 4. The minimum atomic E-state index is -0.262. The fraction of sp³-hybridized carbons (Fsp3) is 0.269. The van der Waals surface area contributed by atoms with Crippen molar-refractivity contribution in [3.05, 3.63) is 83.8 Å². The van der Waals surface area contributed by atoms with Crippen molar-refractivity contribution in [3.8, 4) is 0 Å². The molecule has 1 unspecified atom stereocenters. The zero-order chi connectivity index (χ0) is 24.5. The predicted molar refractivity (Wildman–Crippen MR) is 131 cm³/mol. The summed E-state index contributed by atoms with van der Waals surface area (Å²) in [6.07, 6.45) is 3.59. The Kier molecular flexibility index (Phi) is 8.13. The first-order valence-corrected chi connectivity index (χ1v) is 11.5. The second kappa shape index (κ2) is 11.8. The highest BCUT2D eigenvalue weighted by Gasteiger charge is 2.17. The summed E-state index contributed by atoms with van der Waals surface area (Å²) in [6, 6.07) is 17.2. The molecule has 3 aromatic rings. The van der Waals surface area contributed by atoms with E-state index in [2.05, 4.69) is 21.3 Å². The smallest absolute Gasteiger partial charge is 0.251 e. The van der Waals surface area contributed by atoms with E-state index in [1.807, 2.05) is 0 Å². The van der Waals surface area contributed by atoms with Gasteiger partial charge in [0.1, 0.15) is 5.76 Å². The van der Waals surface area contributed by atoms with Crippen molar-refractivity contribution in [2.45, 2.75) is 25.5 Å². The van der Waals surface area contributed by atoms with Gasteiger partial charge in [-0.05, 0) is 67.4 Å². The summed E-state index contributed by atoms with van der Waals surface area (Å²) in [5.74, 6) is -0.0111. The SMILES string of the molecule is O=C(CNc1ccc(C(=O)NCc2ccco2)cc1)Nc1cccc(C(=O)NCC2CCCO2)c1. The van der Waals surface area contributed by atoms with Crippen LogP contribution in [0.4, 0.5) is 11.4 Å². The van der Waals surface area contributed by atoms with Crippen molar-refractivity contribution in [2.24, 2.45) is 0 Å². The van der Waals surface area contributed by atoms with Crippen molar-refractivity contribution in [3.63, 3.8) is 0 Å². The molecule has 9 nitrogen and oxygen atoms in total. The Morgan fingerprint density at radius 2 is 1.71 bits per heavy atom. The lowest BCUT2D eigenvalue weighted by atomic mass is 10.1. The number of anilines is 2. The first-order chi connectivity index (χ1) is 17.1. The van der Waals surface area contributed by atoms with E-state index in [4.69, 9.17) is 9.15 Å². The van der Waals surface area contributed by atoms with Crippen LogP contribution in [-0.2, 0) is 16.1 Å². The molecular weight excluding hydrogens is 448 g/mol. The van der Waals surface area contributed by atoms with Crippen LogP contribution in [0.3, 0.4) is 0 Å². The Labute approximate surface area is 203 Å². The summed E-state index contributed by atoms with van der Waals surface area (Å²) < 4.78 is 10.7. The highest BCUT2D eigenvalue weighted by Crippen LogP contribution is 2.14. The van der Waals surface area contributed by atoms with Crippen molar-refractivity contribution in [1.29, 1.82) is 0 Å². The van der Waals surface area contributed by atoms with Crippen LogP contribution in [0.15, 0.2) is 71.3 Å². The molecule has 0 bridgehead atoms. The van der Waals surface area contributed by atoms with Gasteiger partial charge >= 0.3 is 0 Å². The molecule has 182 valence electrons. The number of furan rings is 1. The topological polar surface area (TPSA) is 122 Å². The number of benzene rings is 2. The lowest BCUT2D eigenvalue weighted by Crippen LogP contribution is -2.31. The summed E-state index contributed by atoms with van der Waals surface area (Å²) in [6.45, 7) is 1.55. The molecule has 9 heteroatoms. The first kappa shape index (κ1) is 24.0. The molecule has 1 aromatic heterocycles. The van der Waals surface area contributed by atoms with Crippen molar-refractivity contribution in [1.82, 2.24) is 10.6 Å². The van der Waals surface area contributed by atoms with Gasteiger partial charge in [0.15, 0.2) is 0 Å². The highest BCUT2D eigenvalue weighted by atomic mass is 16.5. The third-order valence-electron chi connectivity index (χ3n) is 5.53. The molecule has 2 heterocycles. The molecule has 1 fully saturated rings. The Morgan fingerprint density at radius 1 is 0.886 bits per heavy atom. The van der Waals surface area contributed by atoms with Gasteiger partial charge in [0, 0.05) is 35.7 Å². The molecule has 2 aromatic carbocycles. The van der Waals surface area contributed by atoms with Gasteiger partial charge in [-0.1, -0.05) is 6.07 Å². The molecule has 0 saturated carbocycles. The van der Waals surface area contributed by atoms with E-state index in [-0.39, 0.29) is 30.4 Å². The molecule has 1 aliphatic heterocycles. The van der Waals surface area contributed by atoms with Gasteiger partial charge in [0.2, 0.25) is 5.91 Å². The average molecular weight is 477 g/mol. The van der Waals surface area contributed by atoms with Crippen LogP contribution in [0.25, 0.3) is 0 Å². The molecule has 35 heavy (non-hydrogen) atoms. The summed E-state index contributed by atoms with van der Waals surface area (Å²) >= 11 is 0. The molecule has 0 aliphatic carbocycles. The van der Waals surface area contributed by atoms with E-state index in [1.54, 1.807) is 66.9 Å². The van der Waals surface area contributed by atoms with E-state index >= 15 is 0 Å². The van der Waals surface area contributed by atoms with Crippen LogP contribution in [0, 0.1) is 0 Å². The zero-order valence-corrected chi connectivity index (χ0v) is 19.2. The van der Waals surface area contributed by atoms with Crippen LogP contribution in [0.1, 0.15) is 39.3 Å². The number of carbonyl (C=O) groups excluding carboxylic acids is 3. The molecule has 4 N–H and O–H groups in total. The average Bonchev–Trinajstić information content (AvgIpc) is 3.60. The number of rotatable bonds is 10. The van der Waals surface area contributed by atoms with E-state index in [9.17, 15) is 14.4 Å². The number of hydrogen-bond acceptors (Lipinski definition) is 6. The van der Waals surface area contributed by atoms with Crippen LogP contribution in [-0.4, -0.2) is 43.5 Å². The second-order valence-corrected chi connectivity index (χ2v) is 8.17. The standard InChI is InChI=1S/C26H28N4O5/c31-24(30-21-5-1-4-19(14-21)26(33)29-16-23-7-3-13-35-23)17-27-20-10-8-18(9-11-20)25(32)28-15-22-6-2-12-34-22/h1-2,4-6,8-12,14,23,27H,3,7,13,15-17H2,(H,28,32)(H,29,33)(H,30,31). The van der Waals surface area contributed by atoms with E-state index in [0.29, 0.717) is 41.4 Å². The van der Waals surface area contributed by atoms with Gasteiger partial charge in [-0.25, -0.2) is 0 Å². The number of carbonyl (C=O) groups is 3. The van der Waals surface area contributed by atoms with Gasteiger partial charge < -0.3 is 30.4 Å². The number of amides is 3. The van der Waals surface area contributed by atoms with Crippen molar-refractivity contribution < 1.29 is 23.5 Å². The van der Waals surface area contributed by atoms with Crippen LogP contribution >= 0.6 is 0 Å². The summed E-state index contributed by atoms with van der Waals surface area (Å²) in [5.41, 5.74) is 2.20. The minimum absolute atomic E-state index is 0.0273. The molecule has 1 saturated heterocycles. The molecule has 0 radical (unpaired) electrons. The monoisotopic (exact) mass is 476 g/mol. The normalized spacial score (nSPS) is 14.8. The molecule has 4 rings (SSSR count). The highest BCUT2D eigenvalue weighted by molar-refractivity contribution is 5.98. The third kappa shape index (κ3) is 7.18. The first-order valence-electron chi connectivity index (χ1n) is 11.5. The Bertz CT molecular complexity index is 1140. The predicted octanol–water partition coefficient (Wildman–Crippen LogP) is 3.17. The molecule has 0 spiro atoms. The van der Waals surface area contributed by atoms with Crippen molar-refractivity contribution >= 4 is 29.1 Å². The Hall–Kier alpha value is -4.11. The number of ether oxygens (including phenoxy) is 1. The third-order valence-corrected chi connectivity index (χ3v) is 5.53. The quantitative estimate of drug-likeness (QED) is 0.357. The lowest BCUT2D eigenvalue weighted by molar-refractivity contribution is -0.114. The van der Waals surface area contributed by atoms with Gasteiger partial charge in [0.25, 0.3) is 11.8 Å².